The van der Waals surface area contributed by atoms with Gasteiger partial charge in [0, 0.05) is 24.7 Å². The average Bonchev–Trinajstić information content (AvgIpc) is 3.27. The molecule has 0 spiro atoms. The number of allylic oxidation sites excluding steroid dienone is 3. The third kappa shape index (κ3) is 6.88. The van der Waals surface area contributed by atoms with Gasteiger partial charge in [-0.25, -0.2) is 0 Å². The van der Waals surface area contributed by atoms with Gasteiger partial charge in [0.05, 0.1) is 12.2 Å². The van der Waals surface area contributed by atoms with E-state index in [1.54, 1.807) is 12.2 Å². The van der Waals surface area contributed by atoms with E-state index >= 15 is 0 Å². The first-order valence-electron chi connectivity index (χ1n) is 11.4. The topological polar surface area (TPSA) is 94.8 Å². The third-order valence-electron chi connectivity index (χ3n) is 6.62. The van der Waals surface area contributed by atoms with E-state index in [9.17, 15) is 19.8 Å². The molecule has 0 bridgehead atoms. The van der Waals surface area contributed by atoms with E-state index in [1.165, 1.54) is 11.1 Å². The molecule has 31 heavy (non-hydrogen) atoms. The quantitative estimate of drug-likeness (QED) is 0.369. The highest BCUT2D eigenvalue weighted by molar-refractivity contribution is 5.86. The number of ketones is 1. The number of unbranched alkanes of at least 4 members (excludes halogenated alkanes) is 1. The normalized spacial score (nSPS) is 25.0. The van der Waals surface area contributed by atoms with Crippen LogP contribution in [0, 0.1) is 17.8 Å². The van der Waals surface area contributed by atoms with Gasteiger partial charge in [-0.2, -0.15) is 0 Å². The lowest BCUT2D eigenvalue weighted by Gasteiger charge is -2.17. The Kier molecular flexibility index (Phi) is 8.61. The van der Waals surface area contributed by atoms with Crippen molar-refractivity contribution in [3.05, 3.63) is 59.7 Å². The number of benzene rings is 1. The summed E-state index contributed by atoms with van der Waals surface area (Å²) >= 11 is 0. The Balaban J connectivity index is 1.44. The Hall–Kier alpha value is -2.24. The van der Waals surface area contributed by atoms with Gasteiger partial charge in [0.25, 0.3) is 0 Å². The lowest BCUT2D eigenvalue weighted by molar-refractivity contribution is -0.137. The predicted octanol–water partition coefficient (Wildman–Crippen LogP) is 3.87. The van der Waals surface area contributed by atoms with Crippen molar-refractivity contribution in [1.82, 2.24) is 0 Å². The second-order valence-corrected chi connectivity index (χ2v) is 8.99. The number of carbonyl (C=O) groups is 2. The summed E-state index contributed by atoms with van der Waals surface area (Å²) in [6.45, 7) is 0. The zero-order chi connectivity index (χ0) is 22.2. The summed E-state index contributed by atoms with van der Waals surface area (Å²) in [5.41, 5.74) is 2.84. The first kappa shape index (κ1) is 23.4. The molecule has 1 saturated carbocycles. The molecule has 168 valence electrons. The van der Waals surface area contributed by atoms with Gasteiger partial charge in [-0.1, -0.05) is 48.6 Å². The van der Waals surface area contributed by atoms with Crippen LogP contribution in [0.5, 0.6) is 0 Å². The summed E-state index contributed by atoms with van der Waals surface area (Å²) < 4.78 is 0. The molecule has 5 nitrogen and oxygen atoms in total. The van der Waals surface area contributed by atoms with Crippen LogP contribution in [0.4, 0.5) is 0 Å². The van der Waals surface area contributed by atoms with Crippen LogP contribution in [-0.4, -0.2) is 39.3 Å². The van der Waals surface area contributed by atoms with Crippen molar-refractivity contribution in [3.63, 3.8) is 0 Å². The number of Topliss-reactive ketones (excluding diaryl/α,β-unsaturated/α-hetero) is 1. The number of hydrogen-bond acceptors (Lipinski definition) is 4. The number of hydrogen-bond donors (Lipinski definition) is 3. The van der Waals surface area contributed by atoms with E-state index in [4.69, 9.17) is 5.11 Å². The van der Waals surface area contributed by atoms with E-state index in [1.807, 2.05) is 12.2 Å². The van der Waals surface area contributed by atoms with Crippen LogP contribution in [0.1, 0.15) is 56.1 Å². The first-order valence-corrected chi connectivity index (χ1v) is 11.4. The number of carboxylic acid groups (broad SMARTS) is 1. The third-order valence-corrected chi connectivity index (χ3v) is 6.62. The summed E-state index contributed by atoms with van der Waals surface area (Å²) in [4.78, 5) is 22.9. The zero-order valence-electron chi connectivity index (χ0n) is 18.0. The average molecular weight is 427 g/mol. The molecular formula is C26H34O5. The molecule has 0 radical (unpaired) electrons. The number of carbonyl (C=O) groups excluding carboxylic acids is 1. The van der Waals surface area contributed by atoms with Gasteiger partial charge in [-0.15, -0.1) is 0 Å². The summed E-state index contributed by atoms with van der Waals surface area (Å²) in [5.74, 6) is -0.771. The van der Waals surface area contributed by atoms with E-state index in [-0.39, 0.29) is 30.5 Å². The number of aliphatic hydroxyl groups is 2. The lowest BCUT2D eigenvalue weighted by Crippen LogP contribution is -2.19. The van der Waals surface area contributed by atoms with Gasteiger partial charge in [0.1, 0.15) is 5.78 Å². The largest absolute Gasteiger partial charge is 0.481 e. The molecule has 1 aromatic rings. The summed E-state index contributed by atoms with van der Waals surface area (Å²) in [7, 11) is 0. The lowest BCUT2D eigenvalue weighted by atomic mass is 9.89. The van der Waals surface area contributed by atoms with Crippen molar-refractivity contribution >= 4 is 11.8 Å². The molecule has 2 aliphatic rings. The molecular weight excluding hydrogens is 392 g/mol. The van der Waals surface area contributed by atoms with Gasteiger partial charge in [-0.3, -0.25) is 9.59 Å². The molecule has 0 aliphatic heterocycles. The van der Waals surface area contributed by atoms with Crippen LogP contribution in [0.3, 0.4) is 0 Å². The van der Waals surface area contributed by atoms with Crippen LogP contribution < -0.4 is 0 Å². The number of aliphatic carboxylic acids is 1. The number of rotatable bonds is 11. The van der Waals surface area contributed by atoms with E-state index < -0.39 is 18.2 Å². The van der Waals surface area contributed by atoms with E-state index in [0.717, 1.165) is 19.3 Å². The van der Waals surface area contributed by atoms with Crippen LogP contribution in [0.15, 0.2) is 48.6 Å². The molecule has 5 heteroatoms. The standard InChI is InChI=1S/C26H34O5/c27-21(12-11-18-15-19-7-5-6-8-20(19)16-18)13-14-23-22(24(28)17-25(23)29)9-3-1-2-4-10-26(30)31/h1,3,5-8,13-14,18,21-24,27-28H,2,4,9-12,15-17H2,(H,30,31)/t21?,22-,23-,24+/m1/s1. The second kappa shape index (κ2) is 11.4. The Morgan fingerprint density at radius 3 is 2.52 bits per heavy atom. The molecule has 0 amide bonds. The fourth-order valence-corrected chi connectivity index (χ4v) is 4.87. The summed E-state index contributed by atoms with van der Waals surface area (Å²) in [5, 5.41) is 29.4. The number of aliphatic hydroxyl groups excluding tert-OH is 2. The van der Waals surface area contributed by atoms with Crippen LogP contribution in [-0.2, 0) is 22.4 Å². The van der Waals surface area contributed by atoms with Gasteiger partial charge < -0.3 is 15.3 Å². The zero-order valence-corrected chi connectivity index (χ0v) is 18.0. The van der Waals surface area contributed by atoms with Crippen molar-refractivity contribution in [2.24, 2.45) is 17.8 Å². The highest BCUT2D eigenvalue weighted by atomic mass is 16.4. The fraction of sp³-hybridized carbons (Fsp3) is 0.538. The molecule has 4 atom stereocenters. The number of carboxylic acids is 1. The van der Waals surface area contributed by atoms with Crippen LogP contribution in [0.2, 0.25) is 0 Å². The maximum Gasteiger partial charge on any atom is 0.303 e. The Morgan fingerprint density at radius 1 is 1.13 bits per heavy atom. The van der Waals surface area contributed by atoms with Crippen LogP contribution in [0.25, 0.3) is 0 Å². The van der Waals surface area contributed by atoms with Crippen molar-refractivity contribution in [2.75, 3.05) is 0 Å². The molecule has 3 N–H and O–H groups in total. The molecule has 2 aliphatic carbocycles. The van der Waals surface area contributed by atoms with Crippen molar-refractivity contribution in [3.8, 4) is 0 Å². The van der Waals surface area contributed by atoms with Gasteiger partial charge in [-0.05, 0) is 62.0 Å². The Morgan fingerprint density at radius 2 is 1.84 bits per heavy atom. The van der Waals surface area contributed by atoms with Crippen molar-refractivity contribution in [1.29, 1.82) is 0 Å². The highest BCUT2D eigenvalue weighted by Gasteiger charge is 2.39. The number of fused-ring (bicyclic) bond motifs is 1. The minimum absolute atomic E-state index is 0.0199. The summed E-state index contributed by atoms with van der Waals surface area (Å²) in [6.07, 6.45) is 12.0. The monoisotopic (exact) mass is 426 g/mol. The maximum atomic E-state index is 12.3. The van der Waals surface area contributed by atoms with E-state index in [2.05, 4.69) is 24.3 Å². The minimum atomic E-state index is -0.800. The first-order chi connectivity index (χ1) is 14.9. The molecule has 1 aromatic carbocycles. The maximum absolute atomic E-state index is 12.3. The Bertz CT molecular complexity index is 787. The van der Waals surface area contributed by atoms with Gasteiger partial charge in [0.15, 0.2) is 0 Å². The highest BCUT2D eigenvalue weighted by Crippen LogP contribution is 2.34. The molecule has 0 saturated heterocycles. The second-order valence-electron chi connectivity index (χ2n) is 8.99. The van der Waals surface area contributed by atoms with E-state index in [0.29, 0.717) is 31.6 Å². The SMILES string of the molecule is O=C(O)CCCC=CC[C@H]1[C@@H](O)CC(=O)[C@@H]1C=CC(O)CCC1Cc2ccccc2C1. The minimum Gasteiger partial charge on any atom is -0.481 e. The molecule has 1 unspecified atom stereocenters. The smallest absolute Gasteiger partial charge is 0.303 e. The fourth-order valence-electron chi connectivity index (χ4n) is 4.87. The van der Waals surface area contributed by atoms with Gasteiger partial charge >= 0.3 is 5.97 Å². The molecule has 1 fully saturated rings. The van der Waals surface area contributed by atoms with Crippen molar-refractivity contribution in [2.45, 2.75) is 70.0 Å². The molecule has 0 heterocycles. The Labute approximate surface area is 184 Å². The predicted molar refractivity (Wildman–Crippen MR) is 120 cm³/mol. The molecule has 3 rings (SSSR count). The van der Waals surface area contributed by atoms with Gasteiger partial charge in [0.2, 0.25) is 0 Å². The molecule has 0 aromatic heterocycles. The van der Waals surface area contributed by atoms with Crippen molar-refractivity contribution < 1.29 is 24.9 Å². The summed E-state index contributed by atoms with van der Waals surface area (Å²) in [6, 6.07) is 8.52. The van der Waals surface area contributed by atoms with Crippen LogP contribution >= 0.6 is 0 Å².